The van der Waals surface area contributed by atoms with Crippen molar-refractivity contribution in [2.45, 2.75) is 33.4 Å². The first kappa shape index (κ1) is 19.2. The summed E-state index contributed by atoms with van der Waals surface area (Å²) in [7, 11) is 1.78. The molecular weight excluding hydrogens is 312 g/mol. The Bertz CT molecular complexity index is 651. The molecule has 0 fully saturated rings. The van der Waals surface area contributed by atoms with Gasteiger partial charge in [0.25, 0.3) is 5.91 Å². The molecule has 0 bridgehead atoms. The first-order valence-electron chi connectivity index (χ1n) is 7.49. The first-order chi connectivity index (χ1) is 10.4. The van der Waals surface area contributed by atoms with Crippen LogP contribution >= 0.6 is 12.4 Å². The van der Waals surface area contributed by atoms with Gasteiger partial charge in [0, 0.05) is 30.9 Å². The van der Waals surface area contributed by atoms with Crippen LogP contribution in [-0.2, 0) is 6.54 Å². The molecule has 2 N–H and O–H groups in total. The van der Waals surface area contributed by atoms with Crippen LogP contribution in [0.15, 0.2) is 30.3 Å². The summed E-state index contributed by atoms with van der Waals surface area (Å²) in [6, 6.07) is 9.77. The van der Waals surface area contributed by atoms with Crippen LogP contribution in [0.25, 0.3) is 0 Å². The molecule has 1 atom stereocenters. The smallest absolute Gasteiger partial charge is 0.253 e. The lowest BCUT2D eigenvalue weighted by Crippen LogP contribution is -2.39. The quantitative estimate of drug-likeness (QED) is 0.911. The van der Waals surface area contributed by atoms with Crippen LogP contribution in [-0.4, -0.2) is 40.2 Å². The van der Waals surface area contributed by atoms with Crippen molar-refractivity contribution in [1.82, 2.24) is 14.7 Å². The summed E-state index contributed by atoms with van der Waals surface area (Å²) in [5, 5.41) is 4.45. The zero-order valence-electron chi connectivity index (χ0n) is 14.1. The molecule has 2 aromatic rings. The van der Waals surface area contributed by atoms with E-state index in [1.807, 2.05) is 49.7 Å². The van der Waals surface area contributed by atoms with E-state index in [2.05, 4.69) is 11.2 Å². The minimum Gasteiger partial charge on any atom is -0.338 e. The molecule has 6 heteroatoms. The number of halogens is 1. The highest BCUT2D eigenvalue weighted by Crippen LogP contribution is 2.11. The average molecular weight is 337 g/mol. The molecule has 0 saturated heterocycles. The van der Waals surface area contributed by atoms with Gasteiger partial charge in [-0.1, -0.05) is 12.1 Å². The highest BCUT2D eigenvalue weighted by Gasteiger charge is 2.16. The fraction of sp³-hybridized carbons (Fsp3) is 0.412. The Labute approximate surface area is 143 Å². The molecule has 0 spiro atoms. The van der Waals surface area contributed by atoms with Gasteiger partial charge in [-0.15, -0.1) is 12.4 Å². The highest BCUT2D eigenvalue weighted by molar-refractivity contribution is 5.94. The Morgan fingerprint density at radius 2 is 1.91 bits per heavy atom. The number of aromatic nitrogens is 2. The van der Waals surface area contributed by atoms with Crippen LogP contribution in [0, 0.1) is 13.8 Å². The standard InChI is InChI=1S/C17H24N4O.ClH/c1-12-9-13(2)21(19-12)11-15-5-7-16(8-6-15)17(22)20(4)14(3)10-18;/h5-9,14H,10-11,18H2,1-4H3;1H. The van der Waals surface area contributed by atoms with E-state index in [4.69, 9.17) is 5.73 Å². The zero-order chi connectivity index (χ0) is 16.3. The van der Waals surface area contributed by atoms with Gasteiger partial charge in [0.2, 0.25) is 0 Å². The van der Waals surface area contributed by atoms with E-state index in [1.165, 1.54) is 0 Å². The Hall–Kier alpha value is -1.85. The summed E-state index contributed by atoms with van der Waals surface area (Å²) < 4.78 is 1.97. The summed E-state index contributed by atoms with van der Waals surface area (Å²) in [6.07, 6.45) is 0. The second-order valence-electron chi connectivity index (χ2n) is 5.78. The van der Waals surface area contributed by atoms with Gasteiger partial charge >= 0.3 is 0 Å². The second-order valence-corrected chi connectivity index (χ2v) is 5.78. The van der Waals surface area contributed by atoms with Crippen LogP contribution in [0.5, 0.6) is 0 Å². The van der Waals surface area contributed by atoms with Gasteiger partial charge in [-0.25, -0.2) is 0 Å². The lowest BCUT2D eigenvalue weighted by atomic mass is 10.1. The van der Waals surface area contributed by atoms with Gasteiger partial charge in [-0.2, -0.15) is 5.10 Å². The van der Waals surface area contributed by atoms with Crippen molar-refractivity contribution in [3.63, 3.8) is 0 Å². The molecule has 126 valence electrons. The topological polar surface area (TPSA) is 64.2 Å². The second kappa shape index (κ2) is 8.13. The maximum absolute atomic E-state index is 12.3. The minimum absolute atomic E-state index is 0. The summed E-state index contributed by atoms with van der Waals surface area (Å²) in [6.45, 7) is 7.14. The fourth-order valence-electron chi connectivity index (χ4n) is 2.32. The first-order valence-corrected chi connectivity index (χ1v) is 7.49. The molecule has 1 unspecified atom stereocenters. The molecule has 0 aliphatic carbocycles. The molecular formula is C17H25ClN4O. The molecule has 0 aliphatic heterocycles. The molecule has 1 aromatic carbocycles. The average Bonchev–Trinajstić information content (AvgIpc) is 2.83. The summed E-state index contributed by atoms with van der Waals surface area (Å²) in [4.78, 5) is 14.0. The van der Waals surface area contributed by atoms with Crippen LogP contribution in [0.2, 0.25) is 0 Å². The summed E-state index contributed by atoms with van der Waals surface area (Å²) >= 11 is 0. The number of benzene rings is 1. The number of carbonyl (C=O) groups excluding carboxylic acids is 1. The van der Waals surface area contributed by atoms with E-state index in [0.717, 1.165) is 17.0 Å². The molecule has 23 heavy (non-hydrogen) atoms. The number of aryl methyl sites for hydroxylation is 2. The monoisotopic (exact) mass is 336 g/mol. The Morgan fingerprint density at radius 3 is 2.39 bits per heavy atom. The van der Waals surface area contributed by atoms with Gasteiger partial charge < -0.3 is 10.6 Å². The normalized spacial score (nSPS) is 11.7. The van der Waals surface area contributed by atoms with Crippen LogP contribution in [0.1, 0.15) is 34.2 Å². The third-order valence-electron chi connectivity index (χ3n) is 3.96. The number of hydrogen-bond donors (Lipinski definition) is 1. The molecule has 0 saturated carbocycles. The van der Waals surface area contributed by atoms with Gasteiger partial charge in [0.1, 0.15) is 0 Å². The predicted octanol–water partition coefficient (Wildman–Crippen LogP) is 2.39. The van der Waals surface area contributed by atoms with E-state index in [9.17, 15) is 4.79 Å². The molecule has 1 heterocycles. The molecule has 2 rings (SSSR count). The maximum Gasteiger partial charge on any atom is 0.253 e. The molecule has 1 amide bonds. The van der Waals surface area contributed by atoms with Crippen molar-refractivity contribution in [1.29, 1.82) is 0 Å². The number of nitrogens with zero attached hydrogens (tertiary/aromatic N) is 3. The van der Waals surface area contributed by atoms with Crippen molar-refractivity contribution in [2.75, 3.05) is 13.6 Å². The Morgan fingerprint density at radius 1 is 1.30 bits per heavy atom. The number of nitrogens with two attached hydrogens (primary N) is 1. The molecule has 0 radical (unpaired) electrons. The van der Waals surface area contributed by atoms with Crippen LogP contribution in [0.4, 0.5) is 0 Å². The van der Waals surface area contributed by atoms with Crippen molar-refractivity contribution in [2.24, 2.45) is 5.73 Å². The Balaban J connectivity index is 0.00000264. The summed E-state index contributed by atoms with van der Waals surface area (Å²) in [5.74, 6) is -0.00406. The van der Waals surface area contributed by atoms with Crippen molar-refractivity contribution in [3.8, 4) is 0 Å². The van der Waals surface area contributed by atoms with Gasteiger partial charge in [0.15, 0.2) is 0 Å². The number of likely N-dealkylation sites (N-methyl/N-ethyl adjacent to an activating group) is 1. The number of hydrogen-bond acceptors (Lipinski definition) is 3. The Kier molecular flexibility index (Phi) is 6.79. The fourth-order valence-corrected chi connectivity index (χ4v) is 2.32. The lowest BCUT2D eigenvalue weighted by Gasteiger charge is -2.23. The van der Waals surface area contributed by atoms with Gasteiger partial charge in [-0.3, -0.25) is 9.48 Å². The lowest BCUT2D eigenvalue weighted by molar-refractivity contribution is 0.0748. The molecule has 5 nitrogen and oxygen atoms in total. The van der Waals surface area contributed by atoms with E-state index < -0.39 is 0 Å². The molecule has 0 aliphatic rings. The largest absolute Gasteiger partial charge is 0.338 e. The molecule has 1 aromatic heterocycles. The van der Waals surface area contributed by atoms with Crippen molar-refractivity contribution in [3.05, 3.63) is 52.8 Å². The summed E-state index contributed by atoms with van der Waals surface area (Å²) in [5.41, 5.74) is 9.56. The highest BCUT2D eigenvalue weighted by atomic mass is 35.5. The zero-order valence-corrected chi connectivity index (χ0v) is 14.9. The third-order valence-corrected chi connectivity index (χ3v) is 3.96. The number of amides is 1. The van der Waals surface area contributed by atoms with Gasteiger partial charge in [-0.05, 0) is 44.5 Å². The van der Waals surface area contributed by atoms with E-state index in [0.29, 0.717) is 18.7 Å². The van der Waals surface area contributed by atoms with Gasteiger partial charge in [0.05, 0.1) is 12.2 Å². The van der Waals surface area contributed by atoms with E-state index >= 15 is 0 Å². The number of rotatable bonds is 5. The van der Waals surface area contributed by atoms with Crippen LogP contribution < -0.4 is 5.73 Å². The minimum atomic E-state index is -0.00406. The van der Waals surface area contributed by atoms with Crippen molar-refractivity contribution >= 4 is 18.3 Å². The third kappa shape index (κ3) is 4.56. The van der Waals surface area contributed by atoms with E-state index in [-0.39, 0.29) is 24.4 Å². The number of carbonyl (C=O) groups is 1. The van der Waals surface area contributed by atoms with Crippen LogP contribution in [0.3, 0.4) is 0 Å². The predicted molar refractivity (Wildman–Crippen MR) is 95.1 cm³/mol. The SMILES string of the molecule is Cc1cc(C)n(Cc2ccc(C(=O)N(C)C(C)CN)cc2)n1.Cl. The van der Waals surface area contributed by atoms with E-state index in [1.54, 1.807) is 11.9 Å². The van der Waals surface area contributed by atoms with Crippen molar-refractivity contribution < 1.29 is 4.79 Å². The maximum atomic E-state index is 12.3.